The van der Waals surface area contributed by atoms with Crippen molar-refractivity contribution in [2.45, 2.75) is 57.9 Å². The Morgan fingerprint density at radius 2 is 1.88 bits per heavy atom. The van der Waals surface area contributed by atoms with Gasteiger partial charge in [-0.25, -0.2) is 0 Å². The molecule has 0 amide bonds. The first-order chi connectivity index (χ1) is 7.90. The van der Waals surface area contributed by atoms with Gasteiger partial charge in [0.1, 0.15) is 0 Å². The zero-order chi connectivity index (χ0) is 11.2. The topological polar surface area (TPSA) is 15.3 Å². The van der Waals surface area contributed by atoms with Crippen LogP contribution < -0.4 is 5.32 Å². The van der Waals surface area contributed by atoms with Gasteiger partial charge in [-0.2, -0.15) is 0 Å². The second-order valence-electron chi connectivity index (χ2n) is 5.63. The van der Waals surface area contributed by atoms with Gasteiger partial charge >= 0.3 is 0 Å². The van der Waals surface area contributed by atoms with Crippen LogP contribution in [0.25, 0.3) is 0 Å². The Kier molecular flexibility index (Phi) is 5.11. The lowest BCUT2D eigenvalue weighted by molar-refractivity contribution is 0.247. The number of hydrogen-bond acceptors (Lipinski definition) is 2. The molecular weight excluding hydrogens is 196 g/mol. The second kappa shape index (κ2) is 6.61. The normalized spacial score (nSPS) is 20.6. The average molecular weight is 224 g/mol. The summed E-state index contributed by atoms with van der Waals surface area (Å²) in [6.45, 7) is 7.41. The predicted molar refractivity (Wildman–Crippen MR) is 69.7 cm³/mol. The lowest BCUT2D eigenvalue weighted by atomic mass is 10.2. The second-order valence-corrected chi connectivity index (χ2v) is 5.63. The third-order valence-corrected chi connectivity index (χ3v) is 3.73. The number of nitrogens with zero attached hydrogens (tertiary/aromatic N) is 1. The average Bonchev–Trinajstić information content (AvgIpc) is 3.15. The van der Waals surface area contributed by atoms with Crippen LogP contribution in [-0.2, 0) is 0 Å². The maximum atomic E-state index is 3.49. The van der Waals surface area contributed by atoms with Crippen molar-refractivity contribution in [3.8, 4) is 0 Å². The third kappa shape index (κ3) is 4.84. The van der Waals surface area contributed by atoms with E-state index in [0.717, 1.165) is 12.0 Å². The van der Waals surface area contributed by atoms with E-state index < -0.39 is 0 Å². The Balaban J connectivity index is 1.48. The molecule has 2 aliphatic carbocycles. The summed E-state index contributed by atoms with van der Waals surface area (Å²) in [4.78, 5) is 2.78. The van der Waals surface area contributed by atoms with Gasteiger partial charge in [-0.1, -0.05) is 6.92 Å². The van der Waals surface area contributed by atoms with Crippen LogP contribution in [0.4, 0.5) is 0 Å². The fourth-order valence-electron chi connectivity index (χ4n) is 2.36. The van der Waals surface area contributed by atoms with E-state index >= 15 is 0 Å². The van der Waals surface area contributed by atoms with E-state index in [4.69, 9.17) is 0 Å². The quantitative estimate of drug-likeness (QED) is 0.574. The molecule has 0 spiro atoms. The molecule has 0 bridgehead atoms. The number of nitrogens with one attached hydrogen (secondary N) is 1. The lowest BCUT2D eigenvalue weighted by Gasteiger charge is -2.21. The summed E-state index contributed by atoms with van der Waals surface area (Å²) in [6.07, 6.45) is 9.95. The summed E-state index contributed by atoms with van der Waals surface area (Å²) >= 11 is 0. The van der Waals surface area contributed by atoms with Gasteiger partial charge in [0.05, 0.1) is 0 Å². The Labute approximate surface area is 101 Å². The molecule has 2 heteroatoms. The molecule has 0 atom stereocenters. The minimum Gasteiger partial charge on any atom is -0.317 e. The molecule has 0 aromatic carbocycles. The van der Waals surface area contributed by atoms with Gasteiger partial charge in [-0.05, 0) is 70.5 Å². The number of hydrogen-bond donors (Lipinski definition) is 1. The fraction of sp³-hybridized carbons (Fsp3) is 1.00. The van der Waals surface area contributed by atoms with E-state index in [0.29, 0.717) is 0 Å². The monoisotopic (exact) mass is 224 g/mol. The zero-order valence-electron chi connectivity index (χ0n) is 10.9. The van der Waals surface area contributed by atoms with E-state index in [2.05, 4.69) is 17.1 Å². The molecule has 0 unspecified atom stereocenters. The van der Waals surface area contributed by atoms with E-state index in [1.54, 1.807) is 0 Å². The Bertz CT molecular complexity index is 185. The number of rotatable bonds is 10. The molecule has 16 heavy (non-hydrogen) atoms. The SMILES string of the molecule is CCCNCCCCN(CC1CC1)C1CC1. The standard InChI is InChI=1S/C14H28N2/c1-2-9-15-10-3-4-11-16(14-7-8-14)12-13-5-6-13/h13-15H,2-12H2,1H3. The van der Waals surface area contributed by atoms with Crippen LogP contribution in [0.1, 0.15) is 51.9 Å². The maximum Gasteiger partial charge on any atom is 0.00965 e. The van der Waals surface area contributed by atoms with Gasteiger partial charge in [0.15, 0.2) is 0 Å². The Morgan fingerprint density at radius 3 is 2.50 bits per heavy atom. The van der Waals surface area contributed by atoms with Gasteiger partial charge in [0.25, 0.3) is 0 Å². The maximum absolute atomic E-state index is 3.49. The molecule has 0 heterocycles. The first-order valence-corrected chi connectivity index (χ1v) is 7.35. The highest BCUT2D eigenvalue weighted by Gasteiger charge is 2.32. The highest BCUT2D eigenvalue weighted by Crippen LogP contribution is 2.34. The summed E-state index contributed by atoms with van der Waals surface area (Å²) < 4.78 is 0. The molecule has 2 aliphatic rings. The minimum atomic E-state index is 0.976. The van der Waals surface area contributed by atoms with Gasteiger partial charge < -0.3 is 10.2 Å². The highest BCUT2D eigenvalue weighted by atomic mass is 15.2. The van der Waals surface area contributed by atoms with Crippen molar-refractivity contribution >= 4 is 0 Å². The van der Waals surface area contributed by atoms with Crippen molar-refractivity contribution in [2.75, 3.05) is 26.2 Å². The van der Waals surface area contributed by atoms with E-state index in [9.17, 15) is 0 Å². The van der Waals surface area contributed by atoms with Gasteiger partial charge in [0.2, 0.25) is 0 Å². The smallest absolute Gasteiger partial charge is 0.00965 e. The van der Waals surface area contributed by atoms with Crippen LogP contribution in [0.15, 0.2) is 0 Å². The van der Waals surface area contributed by atoms with Crippen molar-refractivity contribution in [3.05, 3.63) is 0 Å². The molecule has 0 aliphatic heterocycles. The van der Waals surface area contributed by atoms with Crippen LogP contribution in [0.3, 0.4) is 0 Å². The van der Waals surface area contributed by atoms with Crippen LogP contribution in [-0.4, -0.2) is 37.1 Å². The van der Waals surface area contributed by atoms with Crippen molar-refractivity contribution in [1.29, 1.82) is 0 Å². The summed E-state index contributed by atoms with van der Waals surface area (Å²) in [5.41, 5.74) is 0. The molecule has 0 saturated heterocycles. The largest absolute Gasteiger partial charge is 0.317 e. The molecule has 2 nitrogen and oxygen atoms in total. The molecule has 2 rings (SSSR count). The van der Waals surface area contributed by atoms with Crippen molar-refractivity contribution in [1.82, 2.24) is 10.2 Å². The van der Waals surface area contributed by atoms with E-state index in [1.807, 2.05) is 0 Å². The minimum absolute atomic E-state index is 0.976. The molecule has 1 N–H and O–H groups in total. The molecule has 94 valence electrons. The van der Waals surface area contributed by atoms with Crippen molar-refractivity contribution in [3.63, 3.8) is 0 Å². The lowest BCUT2D eigenvalue weighted by Crippen LogP contribution is -2.30. The van der Waals surface area contributed by atoms with Crippen LogP contribution >= 0.6 is 0 Å². The molecule has 0 aromatic heterocycles. The van der Waals surface area contributed by atoms with Gasteiger partial charge in [0, 0.05) is 12.6 Å². The summed E-state index contributed by atoms with van der Waals surface area (Å²) in [5, 5.41) is 3.49. The summed E-state index contributed by atoms with van der Waals surface area (Å²) in [6, 6.07) is 0.976. The van der Waals surface area contributed by atoms with Crippen LogP contribution in [0.2, 0.25) is 0 Å². The number of unbranched alkanes of at least 4 members (excludes halogenated alkanes) is 1. The Morgan fingerprint density at radius 1 is 1.06 bits per heavy atom. The third-order valence-electron chi connectivity index (χ3n) is 3.73. The molecule has 0 radical (unpaired) electrons. The molecule has 0 aromatic rings. The summed E-state index contributed by atoms with van der Waals surface area (Å²) in [7, 11) is 0. The first kappa shape index (κ1) is 12.4. The van der Waals surface area contributed by atoms with E-state index in [-0.39, 0.29) is 0 Å². The Hall–Kier alpha value is -0.0800. The van der Waals surface area contributed by atoms with Gasteiger partial charge in [-0.15, -0.1) is 0 Å². The highest BCUT2D eigenvalue weighted by molar-refractivity contribution is 4.88. The summed E-state index contributed by atoms with van der Waals surface area (Å²) in [5.74, 6) is 1.07. The van der Waals surface area contributed by atoms with E-state index in [1.165, 1.54) is 71.1 Å². The zero-order valence-corrected chi connectivity index (χ0v) is 10.9. The fourth-order valence-corrected chi connectivity index (χ4v) is 2.36. The molecule has 2 fully saturated rings. The van der Waals surface area contributed by atoms with Crippen molar-refractivity contribution < 1.29 is 0 Å². The van der Waals surface area contributed by atoms with Crippen molar-refractivity contribution in [2.24, 2.45) is 5.92 Å². The molecular formula is C14H28N2. The molecule has 2 saturated carbocycles. The van der Waals surface area contributed by atoms with Crippen LogP contribution in [0, 0.1) is 5.92 Å². The van der Waals surface area contributed by atoms with Crippen LogP contribution in [0.5, 0.6) is 0 Å². The first-order valence-electron chi connectivity index (χ1n) is 7.35. The predicted octanol–water partition coefficient (Wildman–Crippen LogP) is 2.64. The van der Waals surface area contributed by atoms with Gasteiger partial charge in [-0.3, -0.25) is 0 Å².